The van der Waals surface area contributed by atoms with Crippen LogP contribution in [-0.2, 0) is 20.7 Å². The highest BCUT2D eigenvalue weighted by Gasteiger charge is 2.35. The highest BCUT2D eigenvalue weighted by atomic mass is 16.5. The van der Waals surface area contributed by atoms with Gasteiger partial charge in [-0.3, -0.25) is 14.4 Å². The normalized spacial score (nSPS) is 19.6. The number of nitrogens with one attached hydrogen (secondary N) is 1. The standard InChI is InChI=1S/C16H18N2O5/c1-22-14(19)9-12-15(20)17-5-6-18(12)16(21)11-2-3-13-10(8-11)4-7-23-13/h2-3,8,12H,4-7,9H2,1H3,(H,17,20)/t12-/m0/s1. The average molecular weight is 318 g/mol. The Kier molecular flexibility index (Phi) is 4.18. The molecule has 3 rings (SSSR count). The van der Waals surface area contributed by atoms with E-state index in [9.17, 15) is 14.4 Å². The lowest BCUT2D eigenvalue weighted by Gasteiger charge is -2.34. The zero-order valence-electron chi connectivity index (χ0n) is 12.8. The van der Waals surface area contributed by atoms with Crippen molar-refractivity contribution in [1.29, 1.82) is 0 Å². The predicted octanol–water partition coefficient (Wildman–Crippen LogP) is 0.125. The first-order chi connectivity index (χ1) is 11.1. The molecule has 0 unspecified atom stereocenters. The number of fused-ring (bicyclic) bond motifs is 1. The van der Waals surface area contributed by atoms with E-state index in [1.165, 1.54) is 12.0 Å². The second-order valence-electron chi connectivity index (χ2n) is 5.51. The summed E-state index contributed by atoms with van der Waals surface area (Å²) >= 11 is 0. The van der Waals surface area contributed by atoms with E-state index in [-0.39, 0.29) is 18.2 Å². The molecule has 0 radical (unpaired) electrons. The number of amides is 2. The Bertz CT molecular complexity index is 658. The van der Waals surface area contributed by atoms with Gasteiger partial charge in [0.25, 0.3) is 5.91 Å². The van der Waals surface area contributed by atoms with E-state index in [2.05, 4.69) is 10.1 Å². The van der Waals surface area contributed by atoms with Crippen LogP contribution in [0, 0.1) is 0 Å². The molecule has 0 spiro atoms. The van der Waals surface area contributed by atoms with Crippen LogP contribution in [0.3, 0.4) is 0 Å². The monoisotopic (exact) mass is 318 g/mol. The largest absolute Gasteiger partial charge is 0.493 e. The molecule has 23 heavy (non-hydrogen) atoms. The summed E-state index contributed by atoms with van der Waals surface area (Å²) in [5.74, 6) is -0.320. The molecule has 2 heterocycles. The number of rotatable bonds is 3. The van der Waals surface area contributed by atoms with Crippen molar-refractivity contribution in [2.45, 2.75) is 18.9 Å². The molecule has 1 aromatic rings. The Labute approximate surface area is 133 Å². The van der Waals surface area contributed by atoms with Gasteiger partial charge in [-0.2, -0.15) is 0 Å². The fraction of sp³-hybridized carbons (Fsp3) is 0.438. The van der Waals surface area contributed by atoms with E-state index in [0.717, 1.165) is 17.7 Å². The third-order valence-corrected chi connectivity index (χ3v) is 4.12. The molecule has 1 N–H and O–H groups in total. The zero-order valence-corrected chi connectivity index (χ0v) is 12.8. The van der Waals surface area contributed by atoms with E-state index < -0.39 is 12.0 Å². The second-order valence-corrected chi connectivity index (χ2v) is 5.51. The SMILES string of the molecule is COC(=O)C[C@H]1C(=O)NCCN1C(=O)c1ccc2c(c1)CCO2. The summed E-state index contributed by atoms with van der Waals surface area (Å²) in [4.78, 5) is 37.8. The average Bonchev–Trinajstić information content (AvgIpc) is 3.03. The van der Waals surface area contributed by atoms with Gasteiger partial charge in [-0.25, -0.2) is 0 Å². The van der Waals surface area contributed by atoms with Crippen LogP contribution in [0.5, 0.6) is 5.75 Å². The van der Waals surface area contributed by atoms with Crippen LogP contribution >= 0.6 is 0 Å². The smallest absolute Gasteiger partial charge is 0.308 e. The van der Waals surface area contributed by atoms with Crippen molar-refractivity contribution >= 4 is 17.8 Å². The van der Waals surface area contributed by atoms with Gasteiger partial charge >= 0.3 is 5.97 Å². The van der Waals surface area contributed by atoms with Crippen molar-refractivity contribution in [3.63, 3.8) is 0 Å². The van der Waals surface area contributed by atoms with Gasteiger partial charge in [0.2, 0.25) is 5.91 Å². The molecule has 0 aliphatic carbocycles. The molecule has 2 amide bonds. The summed E-state index contributed by atoms with van der Waals surface area (Å²) in [7, 11) is 1.26. The maximum atomic E-state index is 12.8. The summed E-state index contributed by atoms with van der Waals surface area (Å²) in [6.45, 7) is 1.35. The van der Waals surface area contributed by atoms with Crippen LogP contribution < -0.4 is 10.1 Å². The summed E-state index contributed by atoms with van der Waals surface area (Å²) in [5, 5.41) is 2.68. The van der Waals surface area contributed by atoms with Crippen LogP contribution in [-0.4, -0.2) is 55.5 Å². The van der Waals surface area contributed by atoms with Crippen molar-refractivity contribution in [2.24, 2.45) is 0 Å². The Morgan fingerprint density at radius 3 is 3.04 bits per heavy atom. The van der Waals surface area contributed by atoms with Crippen molar-refractivity contribution < 1.29 is 23.9 Å². The van der Waals surface area contributed by atoms with Gasteiger partial charge in [0.1, 0.15) is 11.8 Å². The number of hydrogen-bond donors (Lipinski definition) is 1. The van der Waals surface area contributed by atoms with Crippen LogP contribution in [0.4, 0.5) is 0 Å². The predicted molar refractivity (Wildman–Crippen MR) is 80.1 cm³/mol. The molecular weight excluding hydrogens is 300 g/mol. The van der Waals surface area contributed by atoms with E-state index in [0.29, 0.717) is 25.3 Å². The quantitative estimate of drug-likeness (QED) is 0.801. The lowest BCUT2D eigenvalue weighted by molar-refractivity contribution is -0.145. The van der Waals surface area contributed by atoms with E-state index >= 15 is 0 Å². The topological polar surface area (TPSA) is 84.9 Å². The molecule has 2 aliphatic rings. The molecule has 122 valence electrons. The lowest BCUT2D eigenvalue weighted by atomic mass is 10.0. The molecule has 0 aromatic heterocycles. The number of ether oxygens (including phenoxy) is 2. The van der Waals surface area contributed by atoms with Crippen LogP contribution in [0.2, 0.25) is 0 Å². The van der Waals surface area contributed by atoms with Crippen LogP contribution in [0.25, 0.3) is 0 Å². The van der Waals surface area contributed by atoms with E-state index in [1.54, 1.807) is 18.2 Å². The van der Waals surface area contributed by atoms with Crippen molar-refractivity contribution in [2.75, 3.05) is 26.8 Å². The Morgan fingerprint density at radius 2 is 2.26 bits per heavy atom. The van der Waals surface area contributed by atoms with Gasteiger partial charge in [0.15, 0.2) is 0 Å². The summed E-state index contributed by atoms with van der Waals surface area (Å²) in [6, 6.07) is 4.42. The molecule has 7 nitrogen and oxygen atoms in total. The minimum absolute atomic E-state index is 0.151. The Morgan fingerprint density at radius 1 is 1.43 bits per heavy atom. The van der Waals surface area contributed by atoms with Gasteiger partial charge in [-0.1, -0.05) is 0 Å². The molecule has 7 heteroatoms. The van der Waals surface area contributed by atoms with Crippen LogP contribution in [0.1, 0.15) is 22.3 Å². The molecule has 2 aliphatic heterocycles. The maximum absolute atomic E-state index is 12.8. The Balaban J connectivity index is 1.83. The molecule has 0 saturated carbocycles. The summed E-state index contributed by atoms with van der Waals surface area (Å²) < 4.78 is 10.1. The number of piperazine rings is 1. The number of carbonyl (C=O) groups is 3. The maximum Gasteiger partial charge on any atom is 0.308 e. The fourth-order valence-electron chi connectivity index (χ4n) is 2.89. The molecule has 1 fully saturated rings. The number of methoxy groups -OCH3 is 1. The molecular formula is C16H18N2O5. The van der Waals surface area contributed by atoms with Gasteiger partial charge in [0, 0.05) is 25.1 Å². The highest BCUT2D eigenvalue weighted by Crippen LogP contribution is 2.27. The second kappa shape index (κ2) is 6.28. The minimum atomic E-state index is -0.840. The first-order valence-corrected chi connectivity index (χ1v) is 7.51. The van der Waals surface area contributed by atoms with Crippen molar-refractivity contribution in [1.82, 2.24) is 10.2 Å². The highest BCUT2D eigenvalue weighted by molar-refractivity contribution is 5.99. The number of carbonyl (C=O) groups excluding carboxylic acids is 3. The zero-order chi connectivity index (χ0) is 16.4. The summed E-state index contributed by atoms with van der Waals surface area (Å²) in [5.41, 5.74) is 1.49. The van der Waals surface area contributed by atoms with Crippen LogP contribution in [0.15, 0.2) is 18.2 Å². The lowest BCUT2D eigenvalue weighted by Crippen LogP contribution is -2.57. The molecule has 1 saturated heterocycles. The van der Waals surface area contributed by atoms with Gasteiger partial charge in [-0.05, 0) is 23.8 Å². The molecule has 0 bridgehead atoms. The minimum Gasteiger partial charge on any atom is -0.493 e. The number of esters is 1. The third-order valence-electron chi connectivity index (χ3n) is 4.12. The van der Waals surface area contributed by atoms with Gasteiger partial charge in [0.05, 0.1) is 20.1 Å². The van der Waals surface area contributed by atoms with Gasteiger partial charge < -0.3 is 19.7 Å². The third kappa shape index (κ3) is 2.99. The van der Waals surface area contributed by atoms with E-state index in [4.69, 9.17) is 4.74 Å². The molecule has 1 atom stereocenters. The fourth-order valence-corrected chi connectivity index (χ4v) is 2.89. The number of hydrogen-bond acceptors (Lipinski definition) is 5. The Hall–Kier alpha value is -2.57. The van der Waals surface area contributed by atoms with E-state index in [1.807, 2.05) is 0 Å². The first kappa shape index (κ1) is 15.3. The van der Waals surface area contributed by atoms with Gasteiger partial charge in [-0.15, -0.1) is 0 Å². The first-order valence-electron chi connectivity index (χ1n) is 7.51. The van der Waals surface area contributed by atoms with Crippen molar-refractivity contribution in [3.8, 4) is 5.75 Å². The number of benzene rings is 1. The summed E-state index contributed by atoms with van der Waals surface area (Å²) in [6.07, 6.45) is 0.616. The van der Waals surface area contributed by atoms with Crippen molar-refractivity contribution in [3.05, 3.63) is 29.3 Å². The molecule has 1 aromatic carbocycles. The number of nitrogens with zero attached hydrogens (tertiary/aromatic N) is 1.